The molecule has 7 nitrogen and oxygen atoms in total. The van der Waals surface area contributed by atoms with E-state index in [0.717, 1.165) is 46.6 Å². The molecule has 1 amide bonds. The number of sulfone groups is 1. The maximum atomic E-state index is 12.7. The molecule has 0 saturated carbocycles. The van der Waals surface area contributed by atoms with Crippen LogP contribution in [0, 0.1) is 0 Å². The summed E-state index contributed by atoms with van der Waals surface area (Å²) in [4.78, 5) is 18.9. The highest BCUT2D eigenvalue weighted by molar-refractivity contribution is 7.91. The lowest BCUT2D eigenvalue weighted by Crippen LogP contribution is -2.32. The average Bonchev–Trinajstić information content (AvgIpc) is 3.51. The third kappa shape index (κ3) is 5.79. The zero-order valence-corrected chi connectivity index (χ0v) is 20.2. The summed E-state index contributed by atoms with van der Waals surface area (Å²) in [5.74, 6) is 0.745. The average molecular weight is 485 g/mol. The largest absolute Gasteiger partial charge is 0.368 e. The lowest BCUT2D eigenvalue weighted by Gasteiger charge is -2.17. The highest BCUT2D eigenvalue weighted by Gasteiger charge is 2.19. The van der Waals surface area contributed by atoms with Crippen LogP contribution in [-0.2, 0) is 21.1 Å². The summed E-state index contributed by atoms with van der Waals surface area (Å²) in [5, 5.41) is 8.62. The fourth-order valence-electron chi connectivity index (χ4n) is 3.71. The Morgan fingerprint density at radius 3 is 2.73 bits per heavy atom. The second-order valence-corrected chi connectivity index (χ2v) is 10.9. The molecule has 0 saturated heterocycles. The molecule has 0 radical (unpaired) electrons. The first-order valence-electron chi connectivity index (χ1n) is 11.0. The molecule has 4 rings (SSSR count). The predicted molar refractivity (Wildman–Crippen MR) is 134 cm³/mol. The molecule has 0 fully saturated rings. The Labute approximate surface area is 198 Å². The number of aliphatic imine (C=N–C) groups is 1. The van der Waals surface area contributed by atoms with Gasteiger partial charge in [0.25, 0.3) is 0 Å². The molecule has 1 aliphatic heterocycles. The third-order valence-corrected chi connectivity index (χ3v) is 8.36. The molecule has 0 unspecified atom stereocenters. The Balaban J connectivity index is 1.20. The van der Waals surface area contributed by atoms with Crippen molar-refractivity contribution in [2.75, 3.05) is 39.1 Å². The molecule has 3 aromatic rings. The minimum absolute atomic E-state index is 0.0120. The molecular formula is C24H28N4O3S2. The molecule has 0 spiro atoms. The first-order chi connectivity index (χ1) is 15.9. The first-order valence-corrected chi connectivity index (χ1v) is 13.5. The predicted octanol–water partition coefficient (Wildman–Crippen LogP) is 2.66. The molecule has 0 bridgehead atoms. The molecule has 2 N–H and O–H groups in total. The van der Waals surface area contributed by atoms with Gasteiger partial charge in [0.1, 0.15) is 11.7 Å². The van der Waals surface area contributed by atoms with Crippen LogP contribution in [0.15, 0.2) is 63.8 Å². The van der Waals surface area contributed by atoms with E-state index in [1.54, 1.807) is 17.3 Å². The Hall–Kier alpha value is -2.75. The summed E-state index contributed by atoms with van der Waals surface area (Å²) in [6.07, 6.45) is 1.01. The van der Waals surface area contributed by atoms with Crippen molar-refractivity contribution < 1.29 is 13.2 Å². The number of rotatable bonds is 10. The summed E-state index contributed by atoms with van der Waals surface area (Å²) in [7, 11) is -1.68. The Morgan fingerprint density at radius 1 is 1.18 bits per heavy atom. The van der Waals surface area contributed by atoms with Crippen molar-refractivity contribution in [3.63, 3.8) is 0 Å². The van der Waals surface area contributed by atoms with Crippen molar-refractivity contribution in [2.24, 2.45) is 4.99 Å². The van der Waals surface area contributed by atoms with Crippen molar-refractivity contribution in [1.82, 2.24) is 15.5 Å². The molecule has 174 valence electrons. The van der Waals surface area contributed by atoms with Crippen LogP contribution in [0.3, 0.4) is 0 Å². The SMILES string of the molecule is CN(CCc1ccc(C2=NCCN2)cc1)C(=O)CCNCS(=O)(=O)c1csc2ccccc12. The standard InChI is InChI=1S/C24H28N4O3S2/c1-28(15-11-18-6-8-19(9-7-18)24-26-13-14-27-24)23(29)10-12-25-17-33(30,31)22-16-32-21-5-3-2-4-20(21)22/h2-9,16,25H,10-15,17H2,1H3,(H,26,27). The van der Waals surface area contributed by atoms with Crippen molar-refractivity contribution in [2.45, 2.75) is 17.7 Å². The van der Waals surface area contributed by atoms with Crippen LogP contribution < -0.4 is 10.6 Å². The van der Waals surface area contributed by atoms with E-state index in [-0.39, 0.29) is 18.2 Å². The van der Waals surface area contributed by atoms with Gasteiger partial charge in [0.05, 0.1) is 11.4 Å². The van der Waals surface area contributed by atoms with Crippen LogP contribution in [0.4, 0.5) is 0 Å². The number of amides is 1. The molecule has 9 heteroatoms. The highest BCUT2D eigenvalue weighted by atomic mass is 32.2. The number of nitrogens with one attached hydrogen (secondary N) is 2. The van der Waals surface area contributed by atoms with Gasteiger partial charge in [-0.15, -0.1) is 11.3 Å². The zero-order chi connectivity index (χ0) is 23.3. The van der Waals surface area contributed by atoms with E-state index >= 15 is 0 Å². The summed E-state index contributed by atoms with van der Waals surface area (Å²) < 4.78 is 26.3. The molecule has 1 aromatic heterocycles. The Bertz CT molecular complexity index is 1250. The summed E-state index contributed by atoms with van der Waals surface area (Å²) in [5.41, 5.74) is 2.24. The number of nitrogens with zero attached hydrogens (tertiary/aromatic N) is 2. The number of benzene rings is 2. The van der Waals surface area contributed by atoms with Gasteiger partial charge in [-0.1, -0.05) is 42.5 Å². The quantitative estimate of drug-likeness (QED) is 0.432. The zero-order valence-electron chi connectivity index (χ0n) is 18.6. The van der Waals surface area contributed by atoms with Crippen LogP contribution in [0.2, 0.25) is 0 Å². The molecule has 0 aliphatic carbocycles. The lowest BCUT2D eigenvalue weighted by atomic mass is 10.1. The van der Waals surface area contributed by atoms with E-state index in [1.165, 1.54) is 11.3 Å². The van der Waals surface area contributed by atoms with Gasteiger partial charge in [-0.05, 0) is 18.1 Å². The fourth-order valence-corrected chi connectivity index (χ4v) is 6.41. The number of hydrogen-bond acceptors (Lipinski definition) is 7. The first kappa shape index (κ1) is 23.4. The van der Waals surface area contributed by atoms with Gasteiger partial charge in [-0.3, -0.25) is 9.79 Å². The minimum atomic E-state index is -3.46. The number of amidine groups is 1. The van der Waals surface area contributed by atoms with E-state index in [0.29, 0.717) is 18.0 Å². The molecule has 1 aliphatic rings. The van der Waals surface area contributed by atoms with E-state index in [4.69, 9.17) is 0 Å². The number of fused-ring (bicyclic) bond motifs is 1. The van der Waals surface area contributed by atoms with Crippen molar-refractivity contribution in [1.29, 1.82) is 0 Å². The van der Waals surface area contributed by atoms with Gasteiger partial charge in [-0.25, -0.2) is 8.42 Å². The van der Waals surface area contributed by atoms with Crippen LogP contribution in [0.1, 0.15) is 17.5 Å². The van der Waals surface area contributed by atoms with Crippen LogP contribution in [0.25, 0.3) is 10.1 Å². The summed E-state index contributed by atoms with van der Waals surface area (Å²) >= 11 is 1.42. The molecule has 33 heavy (non-hydrogen) atoms. The van der Waals surface area contributed by atoms with Gasteiger partial charge in [-0.2, -0.15) is 0 Å². The highest BCUT2D eigenvalue weighted by Crippen LogP contribution is 2.29. The minimum Gasteiger partial charge on any atom is -0.368 e. The molecule has 2 heterocycles. The monoisotopic (exact) mass is 484 g/mol. The number of likely N-dealkylation sites (N-methyl/N-ethyl adjacent to an activating group) is 1. The fraction of sp³-hybridized carbons (Fsp3) is 0.333. The second-order valence-electron chi connectivity index (χ2n) is 8.02. The van der Waals surface area contributed by atoms with E-state index in [9.17, 15) is 13.2 Å². The normalized spacial score (nSPS) is 13.7. The maximum absolute atomic E-state index is 12.7. The van der Waals surface area contributed by atoms with Crippen molar-refractivity contribution in [3.05, 3.63) is 65.0 Å². The number of thiophene rings is 1. The summed E-state index contributed by atoms with van der Waals surface area (Å²) in [6, 6.07) is 15.7. The topological polar surface area (TPSA) is 90.9 Å². The van der Waals surface area contributed by atoms with Crippen LogP contribution in [-0.4, -0.2) is 64.2 Å². The van der Waals surface area contributed by atoms with Gasteiger partial charge in [0, 0.05) is 54.1 Å². The Kier molecular flexibility index (Phi) is 7.42. The van der Waals surface area contributed by atoms with E-state index in [1.807, 2.05) is 24.3 Å². The Morgan fingerprint density at radius 2 is 1.97 bits per heavy atom. The summed E-state index contributed by atoms with van der Waals surface area (Å²) in [6.45, 7) is 2.62. The van der Waals surface area contributed by atoms with Gasteiger partial charge < -0.3 is 15.5 Å². The van der Waals surface area contributed by atoms with Gasteiger partial charge in [0.15, 0.2) is 9.84 Å². The van der Waals surface area contributed by atoms with Crippen LogP contribution in [0.5, 0.6) is 0 Å². The molecule has 0 atom stereocenters. The molecule has 2 aromatic carbocycles. The van der Waals surface area contributed by atoms with Crippen molar-refractivity contribution in [3.8, 4) is 0 Å². The van der Waals surface area contributed by atoms with E-state index < -0.39 is 9.84 Å². The van der Waals surface area contributed by atoms with Gasteiger partial charge in [0.2, 0.25) is 5.91 Å². The lowest BCUT2D eigenvalue weighted by molar-refractivity contribution is -0.129. The van der Waals surface area contributed by atoms with Crippen LogP contribution >= 0.6 is 11.3 Å². The molecular weight excluding hydrogens is 456 g/mol. The van der Waals surface area contributed by atoms with E-state index in [2.05, 4.69) is 39.9 Å². The number of carbonyl (C=O) groups is 1. The maximum Gasteiger partial charge on any atom is 0.223 e. The van der Waals surface area contributed by atoms with Crippen molar-refractivity contribution >= 4 is 43.0 Å². The third-order valence-electron chi connectivity index (χ3n) is 5.65. The smallest absolute Gasteiger partial charge is 0.223 e. The number of hydrogen-bond donors (Lipinski definition) is 2. The number of carbonyl (C=O) groups excluding carboxylic acids is 1. The second kappa shape index (κ2) is 10.5. The van der Waals surface area contributed by atoms with Gasteiger partial charge >= 0.3 is 0 Å².